The molecule has 19 heteroatoms. The van der Waals surface area contributed by atoms with Crippen LogP contribution < -0.4 is 20.7 Å². The summed E-state index contributed by atoms with van der Waals surface area (Å²) in [5.74, 6) is -4.68. The topological polar surface area (TPSA) is 189 Å². The molecule has 4 N–H and O–H groups in total. The van der Waals surface area contributed by atoms with E-state index in [0.29, 0.717) is 46.0 Å². The number of nitrogens with one attached hydrogen (secondary N) is 4. The number of ether oxygens (including phenoxy) is 2. The number of hydrogen-bond donors (Lipinski definition) is 4. The number of anilines is 1. The van der Waals surface area contributed by atoms with Crippen LogP contribution in [0.3, 0.4) is 0 Å². The molecular weight excluding hydrogens is 754 g/mol. The highest BCUT2D eigenvalue weighted by Crippen LogP contribution is 2.47. The zero-order chi connectivity index (χ0) is 40.7. The van der Waals surface area contributed by atoms with Crippen molar-refractivity contribution in [2.75, 3.05) is 11.9 Å². The van der Waals surface area contributed by atoms with Crippen molar-refractivity contribution in [1.82, 2.24) is 20.3 Å². The van der Waals surface area contributed by atoms with Crippen LogP contribution in [0.5, 0.6) is 0 Å². The lowest BCUT2D eigenvalue weighted by atomic mass is 9.88. The molecule has 0 radical (unpaired) electrons. The van der Waals surface area contributed by atoms with Crippen LogP contribution in [0.2, 0.25) is 0 Å². The summed E-state index contributed by atoms with van der Waals surface area (Å²) in [5, 5.41) is 7.39. The molecule has 0 aromatic heterocycles. The molecule has 2 aliphatic carbocycles. The number of benzene rings is 1. The number of alkyl carbamates (subject to hydrolysis) is 1. The third kappa shape index (κ3) is 9.35. The highest BCUT2D eigenvalue weighted by molar-refractivity contribution is 7.91. The molecule has 2 saturated carbocycles. The maximum atomic E-state index is 14.5. The summed E-state index contributed by atoms with van der Waals surface area (Å²) in [5.41, 5.74) is -4.45. The van der Waals surface area contributed by atoms with Gasteiger partial charge in [0.2, 0.25) is 27.4 Å². The van der Waals surface area contributed by atoms with E-state index in [9.17, 15) is 50.0 Å². The third-order valence-electron chi connectivity index (χ3n) is 10.9. The quantitative estimate of drug-likeness (QED) is 0.225. The lowest BCUT2D eigenvalue weighted by Crippen LogP contribution is -2.59. The fourth-order valence-corrected chi connectivity index (χ4v) is 8.19. The van der Waals surface area contributed by atoms with E-state index >= 15 is 0 Å². The zero-order valence-corrected chi connectivity index (χ0v) is 31.9. The minimum absolute atomic E-state index is 0.0472. The van der Waals surface area contributed by atoms with Gasteiger partial charge in [-0.25, -0.2) is 22.4 Å². The Morgan fingerprint density at radius 3 is 2.29 bits per heavy atom. The van der Waals surface area contributed by atoms with E-state index in [2.05, 4.69) is 20.7 Å². The summed E-state index contributed by atoms with van der Waals surface area (Å²) in [6.07, 6.45) is -3.28. The second kappa shape index (κ2) is 15.3. The number of fused-ring (bicyclic) bond motifs is 2. The minimum atomic E-state index is -4.94. The fourth-order valence-electron chi connectivity index (χ4n) is 6.87. The van der Waals surface area contributed by atoms with Crippen LogP contribution in [-0.2, 0) is 33.9 Å². The van der Waals surface area contributed by atoms with Gasteiger partial charge in [0.15, 0.2) is 0 Å². The van der Waals surface area contributed by atoms with Gasteiger partial charge in [-0.05, 0) is 95.4 Å². The molecule has 5 rings (SSSR count). The number of carbonyl (C=O) groups excluding carboxylic acids is 5. The zero-order valence-electron chi connectivity index (χ0n) is 31.1. The average molecular weight is 802 g/mol. The maximum Gasteiger partial charge on any atom is 0.427 e. The number of alkyl halides is 3. The van der Waals surface area contributed by atoms with Gasteiger partial charge in [-0.1, -0.05) is 26.0 Å². The smallest absolute Gasteiger partial charge is 0.427 e. The first-order valence-corrected chi connectivity index (χ1v) is 19.6. The molecule has 3 fully saturated rings. The van der Waals surface area contributed by atoms with E-state index < -0.39 is 104 Å². The molecule has 0 bridgehead atoms. The molecule has 0 unspecified atom stereocenters. The van der Waals surface area contributed by atoms with Gasteiger partial charge in [-0.2, -0.15) is 13.2 Å². The average Bonchev–Trinajstić information content (AvgIpc) is 3.95. The van der Waals surface area contributed by atoms with Gasteiger partial charge in [-0.3, -0.25) is 24.4 Å². The fraction of sp³-hybridized carbons (Fsp3) is 0.639. The molecule has 14 nitrogen and oxygen atoms in total. The van der Waals surface area contributed by atoms with Gasteiger partial charge in [0.25, 0.3) is 5.91 Å². The summed E-state index contributed by atoms with van der Waals surface area (Å²) in [6.45, 7) is 5.90. The van der Waals surface area contributed by atoms with Crippen molar-refractivity contribution >= 4 is 45.6 Å². The van der Waals surface area contributed by atoms with Crippen molar-refractivity contribution in [3.8, 4) is 0 Å². The van der Waals surface area contributed by atoms with Crippen LogP contribution in [0.4, 0.5) is 32.8 Å². The highest BCUT2D eigenvalue weighted by Gasteiger charge is 2.63. The monoisotopic (exact) mass is 801 g/mol. The van der Waals surface area contributed by atoms with Crippen LogP contribution in [0.25, 0.3) is 0 Å². The number of amides is 5. The predicted molar refractivity (Wildman–Crippen MR) is 189 cm³/mol. The molecule has 1 aromatic carbocycles. The van der Waals surface area contributed by atoms with Crippen LogP contribution in [0.1, 0.15) is 79.6 Å². The Morgan fingerprint density at radius 1 is 1.02 bits per heavy atom. The predicted octanol–water partition coefficient (Wildman–Crippen LogP) is 4.67. The Balaban J connectivity index is 1.46. The number of allylic oxidation sites excluding steroid dienone is 1. The molecule has 2 aliphatic heterocycles. The molecular formula is C36H47F4N5O9S. The van der Waals surface area contributed by atoms with E-state index in [1.54, 1.807) is 13.0 Å². The number of nitrogens with zero attached hydrogens (tertiary/aromatic N) is 1. The maximum absolute atomic E-state index is 14.5. The number of rotatable bonds is 7. The number of hydrogen-bond acceptors (Lipinski definition) is 9. The lowest BCUT2D eigenvalue weighted by Gasteiger charge is -2.34. The first kappa shape index (κ1) is 41.7. The number of carbonyl (C=O) groups is 5. The summed E-state index contributed by atoms with van der Waals surface area (Å²) in [4.78, 5) is 69.4. The summed E-state index contributed by atoms with van der Waals surface area (Å²) >= 11 is 0. The van der Waals surface area contributed by atoms with Gasteiger partial charge in [0.1, 0.15) is 29.5 Å². The second-order valence-corrected chi connectivity index (χ2v) is 18.1. The van der Waals surface area contributed by atoms with Gasteiger partial charge < -0.3 is 25.0 Å². The Hall–Kier alpha value is -4.42. The Labute approximate surface area is 316 Å². The highest BCUT2D eigenvalue weighted by atomic mass is 32.2. The van der Waals surface area contributed by atoms with Crippen LogP contribution in [-0.4, -0.2) is 90.0 Å². The first-order valence-electron chi connectivity index (χ1n) is 18.1. The van der Waals surface area contributed by atoms with Crippen LogP contribution >= 0.6 is 0 Å². The van der Waals surface area contributed by atoms with Gasteiger partial charge in [-0.15, -0.1) is 0 Å². The second-order valence-electron chi connectivity index (χ2n) is 15.9. The van der Waals surface area contributed by atoms with E-state index in [0.717, 1.165) is 17.0 Å². The lowest BCUT2D eigenvalue weighted by molar-refractivity contribution is -0.244. The molecule has 304 valence electrons. The van der Waals surface area contributed by atoms with Gasteiger partial charge in [0, 0.05) is 18.0 Å². The Morgan fingerprint density at radius 2 is 1.67 bits per heavy atom. The van der Waals surface area contributed by atoms with Gasteiger partial charge >= 0.3 is 18.4 Å². The molecule has 7 atom stereocenters. The van der Waals surface area contributed by atoms with E-state index in [-0.39, 0.29) is 24.4 Å². The van der Waals surface area contributed by atoms with Crippen molar-refractivity contribution in [3.05, 3.63) is 42.2 Å². The first-order chi connectivity index (χ1) is 25.5. The van der Waals surface area contributed by atoms with Crippen LogP contribution in [0.15, 0.2) is 36.4 Å². The molecule has 4 aliphatic rings. The SMILES string of the molecule is C[C@H]1CC/C=C\[C@@H]2C[C@@]2(C(=O)NS(=O)(=O)C2(C)CC2)NC(=O)[C@@H]2C[C@@H](OC(=O)Nc3ccc(F)cc3)CN2C(=O)[C@@H](NC(=O)OC(C)(C)C(F)(F)F)[C@H](C)C1. The van der Waals surface area contributed by atoms with Crippen molar-refractivity contribution in [1.29, 1.82) is 0 Å². The molecule has 0 spiro atoms. The Bertz CT molecular complexity index is 1820. The molecule has 55 heavy (non-hydrogen) atoms. The molecule has 1 saturated heterocycles. The number of sulfonamides is 1. The summed E-state index contributed by atoms with van der Waals surface area (Å²) in [7, 11) is -4.11. The largest absolute Gasteiger partial charge is 0.444 e. The summed E-state index contributed by atoms with van der Waals surface area (Å²) in [6, 6.07) is 1.78. The molecule has 1 aromatic rings. The number of halogens is 4. The van der Waals surface area contributed by atoms with E-state index in [1.807, 2.05) is 13.0 Å². The summed E-state index contributed by atoms with van der Waals surface area (Å²) < 4.78 is 91.7. The Kier molecular flexibility index (Phi) is 11.6. The van der Waals surface area contributed by atoms with Crippen LogP contribution in [0, 0.1) is 23.6 Å². The normalized spacial score (nSPS) is 30.2. The molecule has 5 amide bonds. The molecule has 2 heterocycles. The van der Waals surface area contributed by atoms with Crippen molar-refractivity contribution in [3.63, 3.8) is 0 Å². The third-order valence-corrected chi connectivity index (χ3v) is 13.1. The standard InChI is InChI=1S/C36H47F4N5O9S/c1-20-8-6-7-9-22-18-35(22,30(48)44-55(51,52)34(5)14-15-34)43-28(46)26-17-25(53-31(49)41-24-12-10-23(37)11-13-24)19-45(26)29(47)27(21(2)16-20)42-32(50)54-33(3,4)36(38,39)40/h7,9-13,20-22,25-27H,6,8,14-19H2,1-5H3,(H,41,49)(H,42,50)(H,43,46)(H,44,48)/b9-7-/t20-,21+,22+,25+,26-,27-,35+/m0/s1. The van der Waals surface area contributed by atoms with Crippen molar-refractivity contribution in [2.45, 2.75) is 120 Å². The van der Waals surface area contributed by atoms with E-state index in [1.165, 1.54) is 19.1 Å². The van der Waals surface area contributed by atoms with E-state index in [4.69, 9.17) is 9.47 Å². The van der Waals surface area contributed by atoms with Crippen molar-refractivity contribution in [2.24, 2.45) is 17.8 Å². The minimum Gasteiger partial charge on any atom is -0.444 e. The van der Waals surface area contributed by atoms with Crippen molar-refractivity contribution < 1.29 is 59.4 Å². The van der Waals surface area contributed by atoms with Gasteiger partial charge in [0.05, 0.1) is 11.3 Å².